The molecule has 2 heterocycles. The molecule has 0 amide bonds. The molecular formula is C13H23N3S. The summed E-state index contributed by atoms with van der Waals surface area (Å²) in [5, 5.41) is 5.43. The Morgan fingerprint density at radius 2 is 2.12 bits per heavy atom. The Bertz CT molecular complexity index is 302. The lowest BCUT2D eigenvalue weighted by molar-refractivity contribution is 0.324. The van der Waals surface area contributed by atoms with Gasteiger partial charge in [-0.15, -0.1) is 0 Å². The van der Waals surface area contributed by atoms with Gasteiger partial charge in [0.1, 0.15) is 0 Å². The fraction of sp³-hybridized carbons (Fsp3) is 0.923. The van der Waals surface area contributed by atoms with E-state index in [0.29, 0.717) is 17.3 Å². The molecule has 3 fully saturated rings. The molecule has 1 saturated carbocycles. The third-order valence-corrected chi connectivity index (χ3v) is 4.97. The molecule has 3 aliphatic rings. The zero-order valence-electron chi connectivity index (χ0n) is 10.9. The number of thioether (sulfide) groups is 1. The summed E-state index contributed by atoms with van der Waals surface area (Å²) in [5.74, 6) is 0. The molecule has 3 nitrogen and oxygen atoms in total. The van der Waals surface area contributed by atoms with Gasteiger partial charge in [-0.3, -0.25) is 9.89 Å². The Morgan fingerprint density at radius 3 is 2.82 bits per heavy atom. The van der Waals surface area contributed by atoms with Crippen LogP contribution in [0.15, 0.2) is 4.99 Å². The molecule has 17 heavy (non-hydrogen) atoms. The first-order valence-corrected chi connectivity index (χ1v) is 7.83. The zero-order valence-corrected chi connectivity index (χ0v) is 11.7. The van der Waals surface area contributed by atoms with Crippen LogP contribution in [0.3, 0.4) is 0 Å². The minimum absolute atomic E-state index is 0.545. The highest BCUT2D eigenvalue weighted by Crippen LogP contribution is 2.31. The first-order valence-electron chi connectivity index (χ1n) is 6.96. The van der Waals surface area contributed by atoms with Crippen molar-refractivity contribution in [2.45, 2.75) is 62.9 Å². The molecule has 96 valence electrons. The summed E-state index contributed by atoms with van der Waals surface area (Å²) in [6, 6.07) is 2.04. The van der Waals surface area contributed by atoms with Gasteiger partial charge in [-0.2, -0.15) is 0 Å². The Hall–Kier alpha value is -0.220. The molecule has 2 aliphatic heterocycles. The summed E-state index contributed by atoms with van der Waals surface area (Å²) < 4.78 is 0. The van der Waals surface area contributed by atoms with Gasteiger partial charge in [0.05, 0.1) is 6.04 Å². The van der Waals surface area contributed by atoms with Crippen molar-refractivity contribution in [1.29, 1.82) is 0 Å². The third-order valence-electron chi connectivity index (χ3n) is 3.93. The molecule has 0 aromatic heterocycles. The summed E-state index contributed by atoms with van der Waals surface area (Å²) in [7, 11) is 0. The second kappa shape index (κ2) is 4.81. The first-order chi connectivity index (χ1) is 8.20. The molecule has 0 radical (unpaired) electrons. The van der Waals surface area contributed by atoms with Crippen molar-refractivity contribution in [3.8, 4) is 0 Å². The Morgan fingerprint density at radius 1 is 1.29 bits per heavy atom. The summed E-state index contributed by atoms with van der Waals surface area (Å²) in [5.41, 5.74) is 0. The molecule has 0 spiro atoms. The Balaban J connectivity index is 1.57. The van der Waals surface area contributed by atoms with Crippen molar-refractivity contribution in [2.75, 3.05) is 13.1 Å². The summed E-state index contributed by atoms with van der Waals surface area (Å²) in [6.07, 6.45) is 5.35. The van der Waals surface area contributed by atoms with Gasteiger partial charge in [0.2, 0.25) is 0 Å². The number of likely N-dealkylation sites (tertiary alicyclic amines) is 1. The maximum absolute atomic E-state index is 4.92. The van der Waals surface area contributed by atoms with Crippen LogP contribution in [-0.2, 0) is 0 Å². The molecule has 3 rings (SSSR count). The van der Waals surface area contributed by atoms with Crippen LogP contribution in [0.2, 0.25) is 0 Å². The van der Waals surface area contributed by atoms with Crippen LogP contribution in [0.5, 0.6) is 0 Å². The Labute approximate surface area is 108 Å². The second-order valence-corrected chi connectivity index (χ2v) is 7.24. The second-order valence-electron chi connectivity index (χ2n) is 5.81. The van der Waals surface area contributed by atoms with Gasteiger partial charge >= 0.3 is 0 Å². The standard InChI is InChI=1S/C13H23N3S/c1-9-7-10(2)17-13(14-9)15-11-5-6-16(8-11)12-3-4-12/h9-12H,3-8H2,1-2H3,(H,14,15). The van der Waals surface area contributed by atoms with Crippen LogP contribution in [-0.4, -0.2) is 46.5 Å². The number of hydrogen-bond donors (Lipinski definition) is 1. The molecule has 0 aromatic rings. The van der Waals surface area contributed by atoms with E-state index in [1.54, 1.807) is 0 Å². The lowest BCUT2D eigenvalue weighted by Crippen LogP contribution is -2.39. The molecule has 1 aliphatic carbocycles. The van der Waals surface area contributed by atoms with Crippen LogP contribution in [0, 0.1) is 0 Å². The van der Waals surface area contributed by atoms with Crippen molar-refractivity contribution in [2.24, 2.45) is 4.99 Å². The number of nitrogens with zero attached hydrogens (tertiary/aromatic N) is 2. The topological polar surface area (TPSA) is 27.6 Å². The predicted molar refractivity (Wildman–Crippen MR) is 74.7 cm³/mol. The highest BCUT2D eigenvalue weighted by atomic mass is 32.2. The minimum Gasteiger partial charge on any atom is -0.362 e. The van der Waals surface area contributed by atoms with Crippen LogP contribution >= 0.6 is 11.8 Å². The maximum Gasteiger partial charge on any atom is 0.157 e. The highest BCUT2D eigenvalue weighted by molar-refractivity contribution is 8.14. The first kappa shape index (κ1) is 11.8. The average Bonchev–Trinajstić information content (AvgIpc) is 2.99. The van der Waals surface area contributed by atoms with E-state index >= 15 is 0 Å². The fourth-order valence-corrected chi connectivity index (χ4v) is 4.16. The molecule has 4 heteroatoms. The van der Waals surface area contributed by atoms with E-state index in [-0.39, 0.29) is 0 Å². The smallest absolute Gasteiger partial charge is 0.157 e. The van der Waals surface area contributed by atoms with E-state index in [1.807, 2.05) is 11.8 Å². The van der Waals surface area contributed by atoms with E-state index in [4.69, 9.17) is 4.99 Å². The summed E-state index contributed by atoms with van der Waals surface area (Å²) in [6.45, 7) is 7.03. The van der Waals surface area contributed by atoms with Gasteiger partial charge in [-0.1, -0.05) is 18.7 Å². The maximum atomic E-state index is 4.92. The molecule has 3 unspecified atom stereocenters. The number of aliphatic imine (C=N–C) groups is 1. The Kier molecular flexibility index (Phi) is 3.35. The van der Waals surface area contributed by atoms with Crippen molar-refractivity contribution in [1.82, 2.24) is 10.2 Å². The monoisotopic (exact) mass is 253 g/mol. The molecule has 0 aromatic carbocycles. The summed E-state index contributed by atoms with van der Waals surface area (Å²) >= 11 is 1.92. The van der Waals surface area contributed by atoms with E-state index in [1.165, 1.54) is 43.9 Å². The van der Waals surface area contributed by atoms with E-state index < -0.39 is 0 Å². The normalized spacial score (nSPS) is 41.8. The third kappa shape index (κ3) is 2.97. The largest absolute Gasteiger partial charge is 0.362 e. The van der Waals surface area contributed by atoms with E-state index in [2.05, 4.69) is 24.1 Å². The summed E-state index contributed by atoms with van der Waals surface area (Å²) in [4.78, 5) is 7.56. The van der Waals surface area contributed by atoms with E-state index in [0.717, 1.165) is 6.04 Å². The van der Waals surface area contributed by atoms with Gasteiger partial charge in [-0.05, 0) is 32.6 Å². The molecule has 3 atom stereocenters. The lowest BCUT2D eigenvalue weighted by Gasteiger charge is -2.27. The quantitative estimate of drug-likeness (QED) is 0.816. The van der Waals surface area contributed by atoms with Crippen LogP contribution in [0.25, 0.3) is 0 Å². The minimum atomic E-state index is 0.545. The van der Waals surface area contributed by atoms with Gasteiger partial charge < -0.3 is 5.32 Å². The zero-order chi connectivity index (χ0) is 11.8. The van der Waals surface area contributed by atoms with Crippen LogP contribution < -0.4 is 5.32 Å². The van der Waals surface area contributed by atoms with Crippen molar-refractivity contribution >= 4 is 16.9 Å². The van der Waals surface area contributed by atoms with Gasteiger partial charge in [-0.25, -0.2) is 0 Å². The number of rotatable bonds is 2. The molecule has 1 N–H and O–H groups in total. The SMILES string of the molecule is CC1CC(C)SC(=NC2CCN(C3CC3)C2)N1. The van der Waals surface area contributed by atoms with Gasteiger partial charge in [0.15, 0.2) is 5.17 Å². The fourth-order valence-electron chi connectivity index (χ4n) is 2.92. The lowest BCUT2D eigenvalue weighted by atomic mass is 10.2. The van der Waals surface area contributed by atoms with Crippen molar-refractivity contribution in [3.63, 3.8) is 0 Å². The van der Waals surface area contributed by atoms with Gasteiger partial charge in [0.25, 0.3) is 0 Å². The van der Waals surface area contributed by atoms with Crippen LogP contribution in [0.1, 0.15) is 39.5 Å². The van der Waals surface area contributed by atoms with Crippen LogP contribution in [0.4, 0.5) is 0 Å². The number of nitrogens with one attached hydrogen (secondary N) is 1. The molecule has 0 bridgehead atoms. The van der Waals surface area contributed by atoms with Crippen molar-refractivity contribution < 1.29 is 0 Å². The molecular weight excluding hydrogens is 230 g/mol. The highest BCUT2D eigenvalue weighted by Gasteiger charge is 2.34. The predicted octanol–water partition coefficient (Wildman–Crippen LogP) is 2.08. The number of hydrogen-bond acceptors (Lipinski definition) is 3. The average molecular weight is 253 g/mol. The van der Waals surface area contributed by atoms with Gasteiger partial charge in [0, 0.05) is 30.4 Å². The molecule has 2 saturated heterocycles. The van der Waals surface area contributed by atoms with Crippen molar-refractivity contribution in [3.05, 3.63) is 0 Å². The van der Waals surface area contributed by atoms with E-state index in [9.17, 15) is 0 Å². The number of amidine groups is 1.